The van der Waals surface area contributed by atoms with E-state index in [1.807, 2.05) is 44.2 Å². The van der Waals surface area contributed by atoms with Gasteiger partial charge in [0.05, 0.1) is 12.6 Å². The number of carbonyl (C=O) groups is 3. The zero-order valence-corrected chi connectivity index (χ0v) is 17.0. The molecule has 0 saturated heterocycles. The summed E-state index contributed by atoms with van der Waals surface area (Å²) in [6.45, 7) is 3.24. The maximum Gasteiger partial charge on any atom is 0.244 e. The molecule has 1 aromatic rings. The summed E-state index contributed by atoms with van der Waals surface area (Å²) >= 11 is 0. The molecule has 0 aromatic heterocycles. The number of aliphatic hydroxyl groups is 1. The first kappa shape index (κ1) is 23.6. The highest BCUT2D eigenvalue weighted by atomic mass is 16.3. The van der Waals surface area contributed by atoms with Gasteiger partial charge in [0.1, 0.15) is 12.1 Å². The van der Waals surface area contributed by atoms with Crippen LogP contribution in [0.4, 0.5) is 0 Å². The van der Waals surface area contributed by atoms with Crippen molar-refractivity contribution in [3.05, 3.63) is 35.9 Å². The fourth-order valence-corrected chi connectivity index (χ4v) is 2.76. The van der Waals surface area contributed by atoms with E-state index in [0.717, 1.165) is 5.56 Å². The predicted molar refractivity (Wildman–Crippen MR) is 107 cm³/mol. The minimum Gasteiger partial charge on any atom is -0.394 e. The van der Waals surface area contributed by atoms with Crippen LogP contribution >= 0.6 is 0 Å². The number of rotatable bonds is 11. The highest BCUT2D eigenvalue weighted by Crippen LogP contribution is 2.10. The lowest BCUT2D eigenvalue weighted by atomic mass is 9.97. The van der Waals surface area contributed by atoms with E-state index in [1.165, 1.54) is 7.05 Å². The lowest BCUT2D eigenvalue weighted by Crippen LogP contribution is -2.58. The molecule has 1 aromatic carbocycles. The van der Waals surface area contributed by atoms with Crippen LogP contribution in [0, 0.1) is 5.92 Å². The van der Waals surface area contributed by atoms with E-state index in [0.29, 0.717) is 12.8 Å². The lowest BCUT2D eigenvalue weighted by Gasteiger charge is -2.27. The molecule has 8 heteroatoms. The quantitative estimate of drug-likeness (QED) is 0.350. The van der Waals surface area contributed by atoms with E-state index in [-0.39, 0.29) is 11.8 Å². The Morgan fingerprint density at radius 2 is 1.61 bits per heavy atom. The zero-order chi connectivity index (χ0) is 21.1. The normalized spacial score (nSPS) is 15.0. The minimum atomic E-state index is -1.06. The molecule has 4 atom stereocenters. The van der Waals surface area contributed by atoms with Gasteiger partial charge in [-0.05, 0) is 24.9 Å². The predicted octanol–water partition coefficient (Wildman–Crippen LogP) is -0.429. The molecule has 0 radical (unpaired) electrons. The molecule has 0 fully saturated rings. The van der Waals surface area contributed by atoms with Gasteiger partial charge in [-0.2, -0.15) is 0 Å². The van der Waals surface area contributed by atoms with Gasteiger partial charge < -0.3 is 26.4 Å². The molecule has 5 N–H and O–H groups in total. The van der Waals surface area contributed by atoms with Crippen LogP contribution in [0.15, 0.2) is 30.3 Å². The highest BCUT2D eigenvalue weighted by Gasteiger charge is 2.31. The number of aliphatic hydroxyl groups excluding tert-OH is 1. The van der Waals surface area contributed by atoms with Crippen LogP contribution in [0.2, 0.25) is 0 Å². The van der Waals surface area contributed by atoms with Crippen molar-refractivity contribution in [1.29, 1.82) is 0 Å². The van der Waals surface area contributed by atoms with Crippen molar-refractivity contribution in [3.8, 4) is 0 Å². The van der Waals surface area contributed by atoms with Gasteiger partial charge in [-0.3, -0.25) is 14.4 Å². The lowest BCUT2D eigenvalue weighted by molar-refractivity contribution is -0.134. The third-order valence-corrected chi connectivity index (χ3v) is 4.80. The molecule has 156 valence electrons. The second-order valence-electron chi connectivity index (χ2n) is 6.76. The molecule has 3 amide bonds. The van der Waals surface area contributed by atoms with Crippen molar-refractivity contribution < 1.29 is 19.5 Å². The smallest absolute Gasteiger partial charge is 0.244 e. The van der Waals surface area contributed by atoms with E-state index >= 15 is 0 Å². The van der Waals surface area contributed by atoms with Gasteiger partial charge in [-0.25, -0.2) is 0 Å². The molecule has 0 aliphatic carbocycles. The van der Waals surface area contributed by atoms with Crippen LogP contribution in [0.5, 0.6) is 0 Å². The summed E-state index contributed by atoms with van der Waals surface area (Å²) < 4.78 is 0. The monoisotopic (exact) mass is 392 g/mol. The SMILES string of the molecule is CC[C@H](C)[C@H](NC(=O)[C@@H](Cc1ccccc1)NC)C(=O)N[C@@H](CO)C(=O)NC. The average molecular weight is 393 g/mol. The van der Waals surface area contributed by atoms with Crippen molar-refractivity contribution in [3.63, 3.8) is 0 Å². The molecular weight excluding hydrogens is 360 g/mol. The molecule has 0 aliphatic heterocycles. The fourth-order valence-electron chi connectivity index (χ4n) is 2.76. The molecule has 0 spiro atoms. The van der Waals surface area contributed by atoms with Gasteiger partial charge in [0.2, 0.25) is 17.7 Å². The summed E-state index contributed by atoms with van der Waals surface area (Å²) in [6, 6.07) is 7.21. The summed E-state index contributed by atoms with van der Waals surface area (Å²) in [7, 11) is 3.12. The van der Waals surface area contributed by atoms with Crippen LogP contribution in [-0.4, -0.2) is 61.7 Å². The summed E-state index contributed by atoms with van der Waals surface area (Å²) in [5.41, 5.74) is 1.00. The molecule has 0 unspecified atom stereocenters. The van der Waals surface area contributed by atoms with Gasteiger partial charge >= 0.3 is 0 Å². The van der Waals surface area contributed by atoms with Crippen molar-refractivity contribution >= 4 is 17.7 Å². The van der Waals surface area contributed by atoms with Crippen LogP contribution < -0.4 is 21.3 Å². The van der Waals surface area contributed by atoms with Crippen molar-refractivity contribution in [2.75, 3.05) is 20.7 Å². The molecule has 28 heavy (non-hydrogen) atoms. The summed E-state index contributed by atoms with van der Waals surface area (Å²) in [4.78, 5) is 37.2. The molecule has 0 saturated carbocycles. The van der Waals surface area contributed by atoms with Crippen molar-refractivity contribution in [1.82, 2.24) is 21.3 Å². The molecule has 1 rings (SSSR count). The first-order chi connectivity index (χ1) is 13.4. The van der Waals surface area contributed by atoms with Gasteiger partial charge in [-0.15, -0.1) is 0 Å². The van der Waals surface area contributed by atoms with Gasteiger partial charge in [-0.1, -0.05) is 50.6 Å². The molecule has 8 nitrogen and oxygen atoms in total. The minimum absolute atomic E-state index is 0.151. The van der Waals surface area contributed by atoms with E-state index in [4.69, 9.17) is 0 Å². The number of amides is 3. The third kappa shape index (κ3) is 6.94. The van der Waals surface area contributed by atoms with E-state index < -0.39 is 36.5 Å². The highest BCUT2D eigenvalue weighted by molar-refractivity contribution is 5.93. The van der Waals surface area contributed by atoms with Crippen molar-refractivity contribution in [2.45, 2.75) is 44.8 Å². The number of carbonyl (C=O) groups excluding carboxylic acids is 3. The Hall–Kier alpha value is -2.45. The van der Waals surface area contributed by atoms with Crippen LogP contribution in [-0.2, 0) is 20.8 Å². The van der Waals surface area contributed by atoms with Gasteiger partial charge in [0, 0.05) is 7.05 Å². The largest absolute Gasteiger partial charge is 0.394 e. The molecular formula is C20H32N4O4. The summed E-state index contributed by atoms with van der Waals surface area (Å²) in [5, 5.41) is 20.0. The molecule has 0 heterocycles. The Morgan fingerprint density at radius 3 is 2.11 bits per heavy atom. The molecule has 0 bridgehead atoms. The maximum absolute atomic E-state index is 12.8. The number of nitrogens with one attached hydrogen (secondary N) is 4. The van der Waals surface area contributed by atoms with E-state index in [1.54, 1.807) is 7.05 Å². The standard InChI is InChI=1S/C20H32N4O4/c1-5-13(2)17(20(28)23-16(12-25)18(26)22-4)24-19(27)15(21-3)11-14-9-7-6-8-10-14/h6-10,13,15-17,21,25H,5,11-12H2,1-4H3,(H,22,26)(H,23,28)(H,24,27)/t13-,15+,16-,17-/m0/s1. The van der Waals surface area contributed by atoms with Gasteiger partial charge in [0.25, 0.3) is 0 Å². The maximum atomic E-state index is 12.8. The Morgan fingerprint density at radius 1 is 0.964 bits per heavy atom. The zero-order valence-electron chi connectivity index (χ0n) is 17.0. The van der Waals surface area contributed by atoms with E-state index in [9.17, 15) is 19.5 Å². The van der Waals surface area contributed by atoms with E-state index in [2.05, 4.69) is 21.3 Å². The number of benzene rings is 1. The number of hydrogen-bond acceptors (Lipinski definition) is 5. The van der Waals surface area contributed by atoms with Crippen LogP contribution in [0.25, 0.3) is 0 Å². The second-order valence-corrected chi connectivity index (χ2v) is 6.76. The Labute approximate surface area is 166 Å². The third-order valence-electron chi connectivity index (χ3n) is 4.80. The Kier molecular flexibility index (Phi) is 10.2. The summed E-state index contributed by atoms with van der Waals surface area (Å²) in [6.07, 6.45) is 1.14. The molecule has 0 aliphatic rings. The summed E-state index contributed by atoms with van der Waals surface area (Å²) in [5.74, 6) is -1.45. The topological polar surface area (TPSA) is 120 Å². The first-order valence-electron chi connectivity index (χ1n) is 9.52. The van der Waals surface area contributed by atoms with Crippen LogP contribution in [0.3, 0.4) is 0 Å². The Balaban J connectivity index is 2.87. The second kappa shape index (κ2) is 12.1. The fraction of sp³-hybridized carbons (Fsp3) is 0.550. The number of likely N-dealkylation sites (N-methyl/N-ethyl adjacent to an activating group) is 2. The first-order valence-corrected chi connectivity index (χ1v) is 9.52. The van der Waals surface area contributed by atoms with Crippen molar-refractivity contribution in [2.24, 2.45) is 5.92 Å². The number of hydrogen-bond donors (Lipinski definition) is 5. The van der Waals surface area contributed by atoms with Gasteiger partial charge in [0.15, 0.2) is 0 Å². The van der Waals surface area contributed by atoms with Crippen LogP contribution in [0.1, 0.15) is 25.8 Å². The Bertz CT molecular complexity index is 638. The average Bonchev–Trinajstić information content (AvgIpc) is 2.73.